The first kappa shape index (κ1) is 10.7. The SMILES string of the molecule is O=C(COCc1ccccc1Cl)C1CC1. The summed E-state index contributed by atoms with van der Waals surface area (Å²) in [5.74, 6) is 0.498. The number of halogens is 1. The predicted molar refractivity (Wildman–Crippen MR) is 58.8 cm³/mol. The van der Waals surface area contributed by atoms with Crippen LogP contribution in [0, 0.1) is 5.92 Å². The van der Waals surface area contributed by atoms with Crippen LogP contribution >= 0.6 is 11.6 Å². The summed E-state index contributed by atoms with van der Waals surface area (Å²) in [7, 11) is 0. The highest BCUT2D eigenvalue weighted by molar-refractivity contribution is 6.31. The van der Waals surface area contributed by atoms with Crippen LogP contribution in [0.1, 0.15) is 18.4 Å². The smallest absolute Gasteiger partial charge is 0.161 e. The van der Waals surface area contributed by atoms with Crippen molar-refractivity contribution in [2.75, 3.05) is 6.61 Å². The van der Waals surface area contributed by atoms with Crippen molar-refractivity contribution in [3.8, 4) is 0 Å². The zero-order valence-corrected chi connectivity index (χ0v) is 9.17. The van der Waals surface area contributed by atoms with Crippen LogP contribution in [0.4, 0.5) is 0 Å². The molecule has 2 nitrogen and oxygen atoms in total. The van der Waals surface area contributed by atoms with Gasteiger partial charge < -0.3 is 4.74 Å². The number of hydrogen-bond donors (Lipinski definition) is 0. The Kier molecular flexibility index (Phi) is 3.39. The highest BCUT2D eigenvalue weighted by atomic mass is 35.5. The third-order valence-electron chi connectivity index (χ3n) is 2.49. The second-order valence-electron chi connectivity index (χ2n) is 3.82. The Morgan fingerprint density at radius 1 is 1.40 bits per heavy atom. The summed E-state index contributed by atoms with van der Waals surface area (Å²) in [6.45, 7) is 0.633. The first-order valence-electron chi connectivity index (χ1n) is 5.11. The molecule has 15 heavy (non-hydrogen) atoms. The Morgan fingerprint density at radius 3 is 2.80 bits per heavy atom. The van der Waals surface area contributed by atoms with Crippen molar-refractivity contribution in [3.05, 3.63) is 34.9 Å². The number of Topliss-reactive ketones (excluding diaryl/α,β-unsaturated/α-hetero) is 1. The van der Waals surface area contributed by atoms with Crippen LogP contribution in [-0.4, -0.2) is 12.4 Å². The van der Waals surface area contributed by atoms with Crippen molar-refractivity contribution in [2.45, 2.75) is 19.4 Å². The maximum atomic E-state index is 11.3. The summed E-state index contributed by atoms with van der Waals surface area (Å²) in [5.41, 5.74) is 0.933. The van der Waals surface area contributed by atoms with E-state index in [0.717, 1.165) is 18.4 Å². The quantitative estimate of drug-likeness (QED) is 0.769. The Bertz CT molecular complexity index is 358. The fourth-order valence-electron chi connectivity index (χ4n) is 1.40. The molecule has 1 aromatic rings. The van der Waals surface area contributed by atoms with Gasteiger partial charge in [0.1, 0.15) is 6.61 Å². The van der Waals surface area contributed by atoms with Crippen LogP contribution in [0.15, 0.2) is 24.3 Å². The topological polar surface area (TPSA) is 26.3 Å². The van der Waals surface area contributed by atoms with Gasteiger partial charge >= 0.3 is 0 Å². The predicted octanol–water partition coefficient (Wildman–Crippen LogP) is 2.84. The Balaban J connectivity index is 1.78. The summed E-state index contributed by atoms with van der Waals surface area (Å²) in [5, 5.41) is 0.691. The van der Waals surface area contributed by atoms with Gasteiger partial charge in [0.05, 0.1) is 6.61 Å². The lowest BCUT2D eigenvalue weighted by Gasteiger charge is -2.04. The Hall–Kier alpha value is -0.860. The molecule has 3 heteroatoms. The average molecular weight is 225 g/mol. The number of ether oxygens (including phenoxy) is 1. The van der Waals surface area contributed by atoms with Crippen LogP contribution in [0.5, 0.6) is 0 Å². The largest absolute Gasteiger partial charge is 0.369 e. The average Bonchev–Trinajstić information content (AvgIpc) is 3.04. The van der Waals surface area contributed by atoms with Gasteiger partial charge in [-0.1, -0.05) is 29.8 Å². The maximum absolute atomic E-state index is 11.3. The molecule has 1 saturated carbocycles. The molecule has 0 atom stereocenters. The van der Waals surface area contributed by atoms with E-state index in [9.17, 15) is 4.79 Å². The zero-order valence-electron chi connectivity index (χ0n) is 8.41. The van der Waals surface area contributed by atoms with E-state index >= 15 is 0 Å². The monoisotopic (exact) mass is 224 g/mol. The van der Waals surface area contributed by atoms with Crippen LogP contribution in [-0.2, 0) is 16.1 Å². The van der Waals surface area contributed by atoms with Gasteiger partial charge in [-0.2, -0.15) is 0 Å². The highest BCUT2D eigenvalue weighted by Crippen LogP contribution is 2.29. The molecular weight excluding hydrogens is 212 g/mol. The lowest BCUT2D eigenvalue weighted by molar-refractivity contribution is -0.125. The van der Waals surface area contributed by atoms with Gasteiger partial charge in [0.25, 0.3) is 0 Å². The number of benzene rings is 1. The summed E-state index contributed by atoms with van der Waals surface area (Å²) < 4.78 is 5.33. The molecule has 1 aromatic carbocycles. The summed E-state index contributed by atoms with van der Waals surface area (Å²) >= 11 is 5.95. The van der Waals surface area contributed by atoms with E-state index in [4.69, 9.17) is 16.3 Å². The fraction of sp³-hybridized carbons (Fsp3) is 0.417. The number of ketones is 1. The Morgan fingerprint density at radius 2 is 2.13 bits per heavy atom. The van der Waals surface area contributed by atoms with E-state index in [1.165, 1.54) is 0 Å². The van der Waals surface area contributed by atoms with E-state index in [0.29, 0.717) is 11.6 Å². The van der Waals surface area contributed by atoms with E-state index in [1.54, 1.807) is 0 Å². The van der Waals surface area contributed by atoms with Crippen LogP contribution < -0.4 is 0 Å². The van der Waals surface area contributed by atoms with E-state index in [2.05, 4.69) is 0 Å². The molecule has 1 aliphatic rings. The lowest BCUT2D eigenvalue weighted by Crippen LogP contribution is -2.10. The Labute approximate surface area is 94.2 Å². The number of rotatable bonds is 5. The normalized spacial score (nSPS) is 15.3. The fourth-order valence-corrected chi connectivity index (χ4v) is 1.59. The number of hydrogen-bond acceptors (Lipinski definition) is 2. The minimum atomic E-state index is 0.218. The van der Waals surface area contributed by atoms with Crippen molar-refractivity contribution in [1.29, 1.82) is 0 Å². The third kappa shape index (κ3) is 3.05. The van der Waals surface area contributed by atoms with E-state index in [-0.39, 0.29) is 18.3 Å². The molecular formula is C12H13ClO2. The van der Waals surface area contributed by atoms with Gasteiger partial charge in [0.2, 0.25) is 0 Å². The minimum absolute atomic E-state index is 0.218. The van der Waals surface area contributed by atoms with Crippen LogP contribution in [0.3, 0.4) is 0 Å². The van der Waals surface area contributed by atoms with Crippen molar-refractivity contribution < 1.29 is 9.53 Å². The molecule has 0 amide bonds. The van der Waals surface area contributed by atoms with Gasteiger partial charge in [-0.05, 0) is 24.5 Å². The molecule has 2 rings (SSSR count). The molecule has 1 fully saturated rings. The van der Waals surface area contributed by atoms with Crippen LogP contribution in [0.25, 0.3) is 0 Å². The molecule has 0 heterocycles. The van der Waals surface area contributed by atoms with Gasteiger partial charge in [-0.3, -0.25) is 4.79 Å². The molecule has 0 saturated heterocycles. The molecule has 0 spiro atoms. The van der Waals surface area contributed by atoms with Crippen LogP contribution in [0.2, 0.25) is 5.02 Å². The van der Waals surface area contributed by atoms with Gasteiger partial charge in [0, 0.05) is 10.9 Å². The van der Waals surface area contributed by atoms with E-state index < -0.39 is 0 Å². The molecule has 0 radical (unpaired) electrons. The van der Waals surface area contributed by atoms with E-state index in [1.807, 2.05) is 24.3 Å². The summed E-state index contributed by atoms with van der Waals surface area (Å²) in [6, 6.07) is 7.52. The zero-order chi connectivity index (χ0) is 10.7. The first-order chi connectivity index (χ1) is 7.27. The lowest BCUT2D eigenvalue weighted by atomic mass is 10.2. The van der Waals surface area contributed by atoms with Crippen molar-refractivity contribution >= 4 is 17.4 Å². The number of carbonyl (C=O) groups excluding carboxylic acids is 1. The minimum Gasteiger partial charge on any atom is -0.369 e. The molecule has 0 aliphatic heterocycles. The van der Waals surface area contributed by atoms with Gasteiger partial charge in [0.15, 0.2) is 5.78 Å². The molecule has 0 aromatic heterocycles. The van der Waals surface area contributed by atoms with Crippen molar-refractivity contribution in [1.82, 2.24) is 0 Å². The number of carbonyl (C=O) groups is 1. The maximum Gasteiger partial charge on any atom is 0.161 e. The second-order valence-corrected chi connectivity index (χ2v) is 4.23. The first-order valence-corrected chi connectivity index (χ1v) is 5.49. The standard InChI is InChI=1S/C12H13ClO2/c13-11-4-2-1-3-10(11)7-15-8-12(14)9-5-6-9/h1-4,9H,5-8H2. The summed E-state index contributed by atoms with van der Waals surface area (Å²) in [6.07, 6.45) is 2.07. The molecule has 0 unspecified atom stereocenters. The third-order valence-corrected chi connectivity index (χ3v) is 2.86. The highest BCUT2D eigenvalue weighted by Gasteiger charge is 2.29. The molecule has 0 bridgehead atoms. The molecule has 1 aliphatic carbocycles. The molecule has 80 valence electrons. The van der Waals surface area contributed by atoms with Gasteiger partial charge in [-0.15, -0.1) is 0 Å². The van der Waals surface area contributed by atoms with Crippen molar-refractivity contribution in [3.63, 3.8) is 0 Å². The molecule has 0 N–H and O–H groups in total. The summed E-state index contributed by atoms with van der Waals surface area (Å²) in [4.78, 5) is 11.3. The van der Waals surface area contributed by atoms with Crippen molar-refractivity contribution in [2.24, 2.45) is 5.92 Å². The van der Waals surface area contributed by atoms with Gasteiger partial charge in [-0.25, -0.2) is 0 Å². The second kappa shape index (κ2) is 4.77.